The van der Waals surface area contributed by atoms with Crippen LogP contribution in [0.1, 0.15) is 21.5 Å². The first-order valence-electron chi connectivity index (χ1n) is 6.58. The summed E-state index contributed by atoms with van der Waals surface area (Å²) in [6, 6.07) is 11.8. The average molecular weight is 352 g/mol. The van der Waals surface area contributed by atoms with E-state index in [1.54, 1.807) is 37.3 Å². The molecule has 0 spiro atoms. The Balaban J connectivity index is 2.37. The van der Waals surface area contributed by atoms with Gasteiger partial charge in [-0.05, 0) is 30.2 Å². The Bertz CT molecular complexity index is 861. The number of carboxylic acids is 1. The second kappa shape index (κ2) is 6.85. The number of hydrogen-bond acceptors (Lipinski definition) is 3. The van der Waals surface area contributed by atoms with E-state index in [4.69, 9.17) is 11.6 Å². The normalized spacial score (nSPS) is 11.6. The molecule has 7 heteroatoms. The molecule has 0 fully saturated rings. The number of halogens is 1. The lowest BCUT2D eigenvalue weighted by atomic mass is 10.1. The molecule has 0 aromatic heterocycles. The lowest BCUT2D eigenvalue weighted by Crippen LogP contribution is -2.14. The van der Waals surface area contributed by atoms with E-state index >= 15 is 0 Å². The van der Waals surface area contributed by atoms with Crippen LogP contribution in [0.3, 0.4) is 0 Å². The molecule has 5 nitrogen and oxygen atoms in total. The highest BCUT2D eigenvalue weighted by Gasteiger charge is 2.20. The molecule has 0 bridgehead atoms. The Morgan fingerprint density at radius 3 is 2.43 bits per heavy atom. The van der Waals surface area contributed by atoms with Crippen LogP contribution < -0.4 is 4.72 Å². The standard InChI is InChI=1S/C16H14ClNO4S/c1-11-7-8-13(17)14(16(19)20)15(11)18-23(21,22)10-9-12-5-3-2-4-6-12/h2-10,18H,1H3,(H,19,20)/b10-9+. The molecule has 0 heterocycles. The Labute approximate surface area is 139 Å². The second-order valence-corrected chi connectivity index (χ2v) is 6.75. The molecular weight excluding hydrogens is 338 g/mol. The Hall–Kier alpha value is -2.31. The van der Waals surface area contributed by atoms with Gasteiger partial charge >= 0.3 is 5.97 Å². The number of sulfonamides is 1. The van der Waals surface area contributed by atoms with Crippen molar-refractivity contribution in [2.75, 3.05) is 4.72 Å². The first-order chi connectivity index (χ1) is 10.8. The molecule has 23 heavy (non-hydrogen) atoms. The fourth-order valence-electron chi connectivity index (χ4n) is 1.93. The molecule has 2 aromatic carbocycles. The van der Waals surface area contributed by atoms with Crippen molar-refractivity contribution < 1.29 is 18.3 Å². The molecule has 0 aliphatic heterocycles. The molecule has 0 saturated carbocycles. The van der Waals surface area contributed by atoms with Crippen molar-refractivity contribution in [3.05, 3.63) is 69.6 Å². The van der Waals surface area contributed by atoms with Crippen LogP contribution >= 0.6 is 11.6 Å². The average Bonchev–Trinajstić information content (AvgIpc) is 2.49. The molecule has 0 atom stereocenters. The SMILES string of the molecule is Cc1ccc(Cl)c(C(=O)O)c1NS(=O)(=O)/C=C/c1ccccc1. The summed E-state index contributed by atoms with van der Waals surface area (Å²) in [6.45, 7) is 1.60. The van der Waals surface area contributed by atoms with Crippen molar-refractivity contribution in [1.82, 2.24) is 0 Å². The van der Waals surface area contributed by atoms with Crippen molar-refractivity contribution in [3.8, 4) is 0 Å². The molecule has 0 amide bonds. The van der Waals surface area contributed by atoms with Crippen molar-refractivity contribution >= 4 is 39.4 Å². The number of rotatable bonds is 5. The first kappa shape index (κ1) is 17.1. The number of anilines is 1. The Morgan fingerprint density at radius 1 is 1.17 bits per heavy atom. The number of carboxylic acid groups (broad SMARTS) is 1. The molecule has 0 radical (unpaired) electrons. The zero-order valence-electron chi connectivity index (χ0n) is 12.2. The van der Waals surface area contributed by atoms with Gasteiger partial charge in [0.1, 0.15) is 5.56 Å². The minimum Gasteiger partial charge on any atom is -0.478 e. The summed E-state index contributed by atoms with van der Waals surface area (Å²) in [7, 11) is -3.88. The number of aromatic carboxylic acids is 1. The van der Waals surface area contributed by atoms with Crippen molar-refractivity contribution in [2.45, 2.75) is 6.92 Å². The fourth-order valence-corrected chi connectivity index (χ4v) is 3.12. The van der Waals surface area contributed by atoms with Gasteiger partial charge < -0.3 is 5.11 Å². The summed E-state index contributed by atoms with van der Waals surface area (Å²) in [5, 5.41) is 10.2. The van der Waals surface area contributed by atoms with Gasteiger partial charge in [-0.15, -0.1) is 0 Å². The maximum absolute atomic E-state index is 12.2. The zero-order valence-corrected chi connectivity index (χ0v) is 13.7. The number of hydrogen-bond donors (Lipinski definition) is 2. The topological polar surface area (TPSA) is 83.5 Å². The lowest BCUT2D eigenvalue weighted by Gasteiger charge is -2.12. The molecule has 120 valence electrons. The number of carbonyl (C=O) groups is 1. The van der Waals surface area contributed by atoms with Crippen LogP contribution in [0.15, 0.2) is 47.9 Å². The third-order valence-electron chi connectivity index (χ3n) is 3.06. The van der Waals surface area contributed by atoms with E-state index in [9.17, 15) is 18.3 Å². The van der Waals surface area contributed by atoms with Gasteiger partial charge in [-0.3, -0.25) is 4.72 Å². The number of aryl methyl sites for hydroxylation is 1. The number of benzene rings is 2. The summed E-state index contributed by atoms with van der Waals surface area (Å²) in [4.78, 5) is 11.3. The van der Waals surface area contributed by atoms with Crippen LogP contribution in [0, 0.1) is 6.92 Å². The lowest BCUT2D eigenvalue weighted by molar-refractivity contribution is 0.0698. The third kappa shape index (κ3) is 4.34. The second-order valence-electron chi connectivity index (χ2n) is 4.78. The maximum atomic E-state index is 12.2. The van der Waals surface area contributed by atoms with Gasteiger partial charge in [-0.1, -0.05) is 48.0 Å². The molecule has 0 saturated heterocycles. The van der Waals surface area contributed by atoms with Gasteiger partial charge in [0.25, 0.3) is 10.0 Å². The van der Waals surface area contributed by atoms with E-state index in [2.05, 4.69) is 4.72 Å². The summed E-state index contributed by atoms with van der Waals surface area (Å²) in [6.07, 6.45) is 1.42. The van der Waals surface area contributed by atoms with Gasteiger partial charge in [0.15, 0.2) is 0 Å². The predicted octanol–water partition coefficient (Wildman–Crippen LogP) is 3.76. The van der Waals surface area contributed by atoms with Gasteiger partial charge in [-0.25, -0.2) is 13.2 Å². The van der Waals surface area contributed by atoms with Crippen LogP contribution in [0.25, 0.3) is 6.08 Å². The summed E-state index contributed by atoms with van der Waals surface area (Å²) in [5.41, 5.74) is 0.855. The highest BCUT2D eigenvalue weighted by atomic mass is 35.5. The predicted molar refractivity (Wildman–Crippen MR) is 91.2 cm³/mol. The van der Waals surface area contributed by atoms with Gasteiger partial charge in [0.05, 0.1) is 16.1 Å². The molecule has 0 unspecified atom stereocenters. The first-order valence-corrected chi connectivity index (χ1v) is 8.51. The van der Waals surface area contributed by atoms with Gasteiger partial charge in [-0.2, -0.15) is 0 Å². The monoisotopic (exact) mass is 351 g/mol. The minimum atomic E-state index is -3.88. The summed E-state index contributed by atoms with van der Waals surface area (Å²) >= 11 is 5.86. The van der Waals surface area contributed by atoms with E-state index in [1.165, 1.54) is 12.1 Å². The van der Waals surface area contributed by atoms with Crippen LogP contribution in [0.5, 0.6) is 0 Å². The van der Waals surface area contributed by atoms with E-state index in [-0.39, 0.29) is 16.3 Å². The largest absolute Gasteiger partial charge is 0.478 e. The molecule has 0 aliphatic carbocycles. The highest BCUT2D eigenvalue weighted by Crippen LogP contribution is 2.29. The van der Waals surface area contributed by atoms with Gasteiger partial charge in [0, 0.05) is 0 Å². The van der Waals surface area contributed by atoms with Crippen LogP contribution in [0.2, 0.25) is 5.02 Å². The number of nitrogens with one attached hydrogen (secondary N) is 1. The highest BCUT2D eigenvalue weighted by molar-refractivity contribution is 7.95. The summed E-state index contributed by atoms with van der Waals surface area (Å²) in [5.74, 6) is -1.30. The van der Waals surface area contributed by atoms with E-state index in [0.29, 0.717) is 11.1 Å². The molecule has 2 aromatic rings. The maximum Gasteiger partial charge on any atom is 0.339 e. The minimum absolute atomic E-state index is 0.0344. The quantitative estimate of drug-likeness (QED) is 0.859. The fraction of sp³-hybridized carbons (Fsp3) is 0.0625. The molecule has 0 aliphatic rings. The van der Waals surface area contributed by atoms with Crippen LogP contribution in [0.4, 0.5) is 5.69 Å². The van der Waals surface area contributed by atoms with Crippen molar-refractivity contribution in [3.63, 3.8) is 0 Å². The summed E-state index contributed by atoms with van der Waals surface area (Å²) < 4.78 is 26.6. The van der Waals surface area contributed by atoms with E-state index in [1.807, 2.05) is 6.07 Å². The molecule has 2 N–H and O–H groups in total. The van der Waals surface area contributed by atoms with Crippen LogP contribution in [-0.2, 0) is 10.0 Å². The zero-order chi connectivity index (χ0) is 17.0. The van der Waals surface area contributed by atoms with Crippen LogP contribution in [-0.4, -0.2) is 19.5 Å². The third-order valence-corrected chi connectivity index (χ3v) is 4.36. The van der Waals surface area contributed by atoms with E-state index in [0.717, 1.165) is 5.41 Å². The molecular formula is C16H14ClNO4S. The Morgan fingerprint density at radius 2 is 1.83 bits per heavy atom. The Kier molecular flexibility index (Phi) is 5.08. The molecule has 2 rings (SSSR count). The van der Waals surface area contributed by atoms with Crippen molar-refractivity contribution in [1.29, 1.82) is 0 Å². The smallest absolute Gasteiger partial charge is 0.339 e. The van der Waals surface area contributed by atoms with E-state index < -0.39 is 16.0 Å². The van der Waals surface area contributed by atoms with Crippen molar-refractivity contribution in [2.24, 2.45) is 0 Å². The van der Waals surface area contributed by atoms with Gasteiger partial charge in [0.2, 0.25) is 0 Å².